The Labute approximate surface area is 160 Å². The fourth-order valence-electron chi connectivity index (χ4n) is 2.93. The van der Waals surface area contributed by atoms with Gasteiger partial charge in [0.2, 0.25) is 5.91 Å². The topological polar surface area (TPSA) is 103 Å². The van der Waals surface area contributed by atoms with Gasteiger partial charge in [0.1, 0.15) is 11.3 Å². The number of hydrogen-bond donors (Lipinski definition) is 3. The third-order valence-electron chi connectivity index (χ3n) is 4.14. The normalized spacial score (nSPS) is 11.7. The Morgan fingerprint density at radius 1 is 1.30 bits per heavy atom. The van der Waals surface area contributed by atoms with Crippen molar-refractivity contribution in [1.29, 1.82) is 0 Å². The highest BCUT2D eigenvalue weighted by molar-refractivity contribution is 7.71. The Morgan fingerprint density at radius 2 is 2.07 bits per heavy atom. The fraction of sp³-hybridized carbons (Fsp3) is 0.263. The van der Waals surface area contributed by atoms with Crippen LogP contribution in [0, 0.1) is 11.7 Å². The molecule has 140 valence electrons. The van der Waals surface area contributed by atoms with Crippen LogP contribution in [0.25, 0.3) is 11.0 Å². The average Bonchev–Trinajstić information content (AvgIpc) is 2.96. The molecule has 2 aromatic heterocycles. The number of hydrazone groups is 1. The number of aryl methyl sites for hydroxylation is 2. The van der Waals surface area contributed by atoms with Gasteiger partial charge in [-0.05, 0) is 44.6 Å². The number of aromatic nitrogens is 2. The summed E-state index contributed by atoms with van der Waals surface area (Å²) in [6.07, 6.45) is 0.750. The standard InChI is InChI=1S/C19H20N4O3S/c1-4-13-14-7-10(2)5-6-15(14)26-18(13)11(3)22-23-17(25)9-12-8-16(24)21-19(27)20-12/h5-8H,4,9H2,1-3H3,(H,23,25)(H2,20,21,24,27)/b22-11-. The number of hydrogen-bond acceptors (Lipinski definition) is 5. The third kappa shape index (κ3) is 4.22. The molecule has 27 heavy (non-hydrogen) atoms. The van der Waals surface area contributed by atoms with Gasteiger partial charge in [-0.25, -0.2) is 5.43 Å². The minimum absolute atomic E-state index is 0.0374. The van der Waals surface area contributed by atoms with E-state index in [-0.39, 0.29) is 22.7 Å². The fourth-order valence-corrected chi connectivity index (χ4v) is 3.16. The maximum Gasteiger partial charge on any atom is 0.251 e. The zero-order valence-corrected chi connectivity index (χ0v) is 16.1. The summed E-state index contributed by atoms with van der Waals surface area (Å²) in [6, 6.07) is 7.31. The summed E-state index contributed by atoms with van der Waals surface area (Å²) in [5.41, 5.74) is 6.15. The number of fused-ring (bicyclic) bond motifs is 1. The molecule has 3 N–H and O–H groups in total. The number of rotatable bonds is 5. The van der Waals surface area contributed by atoms with Gasteiger partial charge in [0.05, 0.1) is 6.42 Å². The van der Waals surface area contributed by atoms with E-state index in [1.807, 2.05) is 19.1 Å². The molecule has 0 atom stereocenters. The van der Waals surface area contributed by atoms with E-state index in [0.29, 0.717) is 17.2 Å². The van der Waals surface area contributed by atoms with Gasteiger partial charge in [-0.1, -0.05) is 18.6 Å². The van der Waals surface area contributed by atoms with E-state index < -0.39 is 0 Å². The van der Waals surface area contributed by atoms with Gasteiger partial charge in [0.15, 0.2) is 10.5 Å². The van der Waals surface area contributed by atoms with E-state index in [0.717, 1.165) is 28.5 Å². The van der Waals surface area contributed by atoms with Crippen molar-refractivity contribution in [1.82, 2.24) is 15.4 Å². The van der Waals surface area contributed by atoms with E-state index >= 15 is 0 Å². The van der Waals surface area contributed by atoms with Crippen molar-refractivity contribution < 1.29 is 9.21 Å². The lowest BCUT2D eigenvalue weighted by atomic mass is 10.0. The SMILES string of the molecule is CCc1c(/C(C)=N\NC(=O)Cc2cc(=O)[nH]c(=S)[nH]2)oc2ccc(C)cc12. The van der Waals surface area contributed by atoms with Crippen molar-refractivity contribution in [2.24, 2.45) is 5.10 Å². The molecule has 3 rings (SSSR count). The van der Waals surface area contributed by atoms with E-state index in [4.69, 9.17) is 16.6 Å². The van der Waals surface area contributed by atoms with Gasteiger partial charge < -0.3 is 9.40 Å². The van der Waals surface area contributed by atoms with Crippen LogP contribution < -0.4 is 11.0 Å². The second-order valence-corrected chi connectivity index (χ2v) is 6.69. The zero-order chi connectivity index (χ0) is 19.6. The number of nitrogens with one attached hydrogen (secondary N) is 3. The van der Waals surface area contributed by atoms with E-state index in [2.05, 4.69) is 33.5 Å². The number of carbonyl (C=O) groups is 1. The summed E-state index contributed by atoms with van der Waals surface area (Å²) in [4.78, 5) is 28.7. The lowest BCUT2D eigenvalue weighted by Crippen LogP contribution is -2.23. The Morgan fingerprint density at radius 3 is 2.78 bits per heavy atom. The maximum atomic E-state index is 12.1. The molecule has 0 fully saturated rings. The Kier molecular flexibility index (Phi) is 5.36. The monoisotopic (exact) mass is 384 g/mol. The molecule has 1 amide bonds. The smallest absolute Gasteiger partial charge is 0.251 e. The van der Waals surface area contributed by atoms with Crippen molar-refractivity contribution in [2.75, 3.05) is 0 Å². The van der Waals surface area contributed by atoms with Gasteiger partial charge in [0, 0.05) is 22.7 Å². The van der Waals surface area contributed by atoms with Crippen LogP contribution in [0.15, 0.2) is 38.6 Å². The third-order valence-corrected chi connectivity index (χ3v) is 4.35. The molecule has 1 aromatic carbocycles. The minimum atomic E-state index is -0.365. The summed E-state index contributed by atoms with van der Waals surface area (Å²) >= 11 is 4.90. The van der Waals surface area contributed by atoms with Crippen LogP contribution >= 0.6 is 12.2 Å². The summed E-state index contributed by atoms with van der Waals surface area (Å²) in [6.45, 7) is 5.87. The first-order valence-electron chi connectivity index (χ1n) is 8.55. The molecular formula is C19H20N4O3S. The van der Waals surface area contributed by atoms with Gasteiger partial charge in [0.25, 0.3) is 5.56 Å². The van der Waals surface area contributed by atoms with Crippen LogP contribution in [0.2, 0.25) is 0 Å². The summed E-state index contributed by atoms with van der Waals surface area (Å²) in [7, 11) is 0. The summed E-state index contributed by atoms with van der Waals surface area (Å²) < 4.78 is 6.12. The van der Waals surface area contributed by atoms with Crippen molar-refractivity contribution in [3.63, 3.8) is 0 Å². The molecule has 0 aliphatic carbocycles. The number of aromatic amines is 2. The Balaban J connectivity index is 1.81. The summed E-state index contributed by atoms with van der Waals surface area (Å²) in [5.74, 6) is 0.296. The molecule has 0 saturated carbocycles. The molecule has 2 heterocycles. The largest absolute Gasteiger partial charge is 0.454 e. The maximum absolute atomic E-state index is 12.1. The van der Waals surface area contributed by atoms with Gasteiger partial charge in [-0.2, -0.15) is 5.10 Å². The molecule has 0 radical (unpaired) electrons. The molecule has 0 aliphatic heterocycles. The van der Waals surface area contributed by atoms with Gasteiger partial charge in [-0.15, -0.1) is 0 Å². The van der Waals surface area contributed by atoms with E-state index in [1.165, 1.54) is 6.07 Å². The molecule has 0 unspecified atom stereocenters. The Bertz CT molecular complexity index is 1130. The number of carbonyl (C=O) groups excluding carboxylic acids is 1. The lowest BCUT2D eigenvalue weighted by Gasteiger charge is -2.03. The first-order chi connectivity index (χ1) is 12.9. The highest BCUT2D eigenvalue weighted by Gasteiger charge is 2.15. The highest BCUT2D eigenvalue weighted by Crippen LogP contribution is 2.27. The molecule has 7 nitrogen and oxygen atoms in total. The van der Waals surface area contributed by atoms with Crippen LogP contribution in [0.3, 0.4) is 0 Å². The van der Waals surface area contributed by atoms with Crippen molar-refractivity contribution in [3.05, 3.63) is 62.0 Å². The predicted octanol–water partition coefficient (Wildman–Crippen LogP) is 3.13. The average molecular weight is 384 g/mol. The molecule has 0 bridgehead atoms. The van der Waals surface area contributed by atoms with Crippen molar-refractivity contribution in [2.45, 2.75) is 33.6 Å². The van der Waals surface area contributed by atoms with Crippen molar-refractivity contribution >= 4 is 34.8 Å². The molecule has 0 aliphatic rings. The van der Waals surface area contributed by atoms with Crippen LogP contribution in [0.1, 0.15) is 36.4 Å². The molecular weight excluding hydrogens is 364 g/mol. The van der Waals surface area contributed by atoms with Crippen molar-refractivity contribution in [3.8, 4) is 0 Å². The number of nitrogens with zero attached hydrogens (tertiary/aromatic N) is 1. The molecule has 0 spiro atoms. The minimum Gasteiger partial charge on any atom is -0.454 e. The molecule has 3 aromatic rings. The van der Waals surface area contributed by atoms with E-state index in [9.17, 15) is 9.59 Å². The van der Waals surface area contributed by atoms with Crippen LogP contribution in [-0.4, -0.2) is 21.6 Å². The van der Waals surface area contributed by atoms with Crippen LogP contribution in [0.4, 0.5) is 0 Å². The number of amides is 1. The number of H-pyrrole nitrogens is 2. The quantitative estimate of drug-likeness (QED) is 0.357. The second kappa shape index (κ2) is 7.71. The second-order valence-electron chi connectivity index (χ2n) is 6.28. The number of furan rings is 1. The molecule has 0 saturated heterocycles. The molecule has 8 heteroatoms. The predicted molar refractivity (Wildman–Crippen MR) is 107 cm³/mol. The van der Waals surface area contributed by atoms with Gasteiger partial charge >= 0.3 is 0 Å². The van der Waals surface area contributed by atoms with Crippen LogP contribution in [-0.2, 0) is 17.6 Å². The lowest BCUT2D eigenvalue weighted by molar-refractivity contribution is -0.120. The van der Waals surface area contributed by atoms with Gasteiger partial charge in [-0.3, -0.25) is 14.6 Å². The summed E-state index contributed by atoms with van der Waals surface area (Å²) in [5, 5.41) is 5.22. The number of benzene rings is 1. The highest BCUT2D eigenvalue weighted by atomic mass is 32.1. The Hall–Kier alpha value is -3.00. The van der Waals surface area contributed by atoms with E-state index in [1.54, 1.807) is 6.92 Å². The van der Waals surface area contributed by atoms with Crippen LogP contribution in [0.5, 0.6) is 0 Å². The zero-order valence-electron chi connectivity index (χ0n) is 15.3. The first kappa shape index (κ1) is 18.8. The first-order valence-corrected chi connectivity index (χ1v) is 8.96.